The minimum Gasteiger partial charge on any atom is -0.462 e. The second kappa shape index (κ2) is 7.74. The molecule has 1 aromatic heterocycles. The van der Waals surface area contributed by atoms with Gasteiger partial charge in [-0.25, -0.2) is 4.79 Å². The van der Waals surface area contributed by atoms with Gasteiger partial charge in [-0.1, -0.05) is 35.5 Å². The van der Waals surface area contributed by atoms with E-state index in [1.165, 1.54) is 18.3 Å². The molecule has 0 saturated carbocycles. The van der Waals surface area contributed by atoms with E-state index in [2.05, 4.69) is 10.5 Å². The van der Waals surface area contributed by atoms with Crippen LogP contribution in [0.1, 0.15) is 36.0 Å². The Hall–Kier alpha value is -2.67. The number of carbonyl (C=O) groups is 2. The van der Waals surface area contributed by atoms with Crippen LogP contribution in [-0.4, -0.2) is 29.4 Å². The zero-order valence-electron chi connectivity index (χ0n) is 13.6. The number of esters is 1. The van der Waals surface area contributed by atoms with Gasteiger partial charge >= 0.3 is 5.97 Å². The Balaban J connectivity index is 2.77. The van der Waals surface area contributed by atoms with Crippen LogP contribution in [0.15, 0.2) is 35.5 Å². The Morgan fingerprint density at radius 3 is 2.46 bits per heavy atom. The molecule has 24 heavy (non-hydrogen) atoms. The topological polar surface area (TPSA) is 88.0 Å². The molecule has 0 saturated heterocycles. The normalized spacial score (nSPS) is 11.2. The predicted molar refractivity (Wildman–Crippen MR) is 94.0 cm³/mol. The van der Waals surface area contributed by atoms with E-state index in [4.69, 9.17) is 4.74 Å². The molecule has 1 heterocycles. The smallest absolute Gasteiger partial charge is 0.341 e. The van der Waals surface area contributed by atoms with Crippen molar-refractivity contribution >= 4 is 33.9 Å². The summed E-state index contributed by atoms with van der Waals surface area (Å²) in [4.78, 5) is 24.6. The molecule has 7 heteroatoms. The van der Waals surface area contributed by atoms with E-state index in [-0.39, 0.29) is 18.1 Å². The van der Waals surface area contributed by atoms with E-state index >= 15 is 0 Å². The molecule has 126 valence electrons. The van der Waals surface area contributed by atoms with Crippen molar-refractivity contribution in [3.8, 4) is 11.1 Å². The lowest BCUT2D eigenvalue weighted by molar-refractivity contribution is -0.114. The Morgan fingerprint density at radius 1 is 1.25 bits per heavy atom. The van der Waals surface area contributed by atoms with Gasteiger partial charge in [0.1, 0.15) is 10.6 Å². The van der Waals surface area contributed by atoms with Gasteiger partial charge in [0.15, 0.2) is 0 Å². The number of benzene rings is 1. The molecule has 0 aliphatic rings. The molecule has 0 radical (unpaired) electrons. The van der Waals surface area contributed by atoms with Crippen LogP contribution < -0.4 is 5.32 Å². The third-order valence-electron chi connectivity index (χ3n) is 3.22. The average Bonchev–Trinajstić information content (AvgIpc) is 2.93. The largest absolute Gasteiger partial charge is 0.462 e. The highest BCUT2D eigenvalue weighted by atomic mass is 32.1. The average molecular weight is 346 g/mol. The number of amides is 1. The predicted octanol–water partition coefficient (Wildman–Crippen LogP) is 3.75. The molecule has 6 nitrogen and oxygen atoms in total. The first-order valence-corrected chi connectivity index (χ1v) is 8.17. The molecule has 2 aromatic rings. The maximum atomic E-state index is 12.5. The Morgan fingerprint density at radius 2 is 1.92 bits per heavy atom. The van der Waals surface area contributed by atoms with Gasteiger partial charge in [0, 0.05) is 12.5 Å². The van der Waals surface area contributed by atoms with Crippen LogP contribution in [0.2, 0.25) is 0 Å². The first-order chi connectivity index (χ1) is 11.5. The van der Waals surface area contributed by atoms with Crippen molar-refractivity contribution < 1.29 is 19.5 Å². The van der Waals surface area contributed by atoms with Crippen molar-refractivity contribution in [2.45, 2.75) is 20.8 Å². The fourth-order valence-electron chi connectivity index (χ4n) is 2.26. The number of oxime groups is 1. The van der Waals surface area contributed by atoms with E-state index in [1.54, 1.807) is 13.8 Å². The lowest BCUT2D eigenvalue weighted by Gasteiger charge is -2.08. The van der Waals surface area contributed by atoms with Gasteiger partial charge in [-0.2, -0.15) is 0 Å². The third kappa shape index (κ3) is 3.62. The molecule has 0 bridgehead atoms. The van der Waals surface area contributed by atoms with E-state index in [9.17, 15) is 14.8 Å². The van der Waals surface area contributed by atoms with Crippen LogP contribution in [-0.2, 0) is 9.53 Å². The molecule has 1 amide bonds. The highest BCUT2D eigenvalue weighted by molar-refractivity contribution is 7.19. The summed E-state index contributed by atoms with van der Waals surface area (Å²) in [7, 11) is 0. The monoisotopic (exact) mass is 346 g/mol. The van der Waals surface area contributed by atoms with Crippen LogP contribution in [0.25, 0.3) is 11.1 Å². The van der Waals surface area contributed by atoms with Gasteiger partial charge in [-0.3, -0.25) is 4.79 Å². The number of anilines is 1. The number of nitrogens with one attached hydrogen (secondary N) is 1. The molecule has 0 spiro atoms. The Labute approximate surface area is 143 Å². The summed E-state index contributed by atoms with van der Waals surface area (Å²) in [6, 6.07) is 9.23. The fraction of sp³-hybridized carbons (Fsp3) is 0.235. The second-order valence-corrected chi connectivity index (χ2v) is 5.98. The Bertz CT molecular complexity index is 781. The van der Waals surface area contributed by atoms with Gasteiger partial charge in [-0.05, 0) is 19.4 Å². The molecule has 1 aromatic carbocycles. The van der Waals surface area contributed by atoms with E-state index < -0.39 is 5.97 Å². The van der Waals surface area contributed by atoms with E-state index in [0.29, 0.717) is 21.2 Å². The second-order valence-electron chi connectivity index (χ2n) is 4.96. The highest BCUT2D eigenvalue weighted by Crippen LogP contribution is 2.41. The first-order valence-electron chi connectivity index (χ1n) is 7.35. The standard InChI is InChI=1S/C17H18N2O4S/c1-4-23-17(21)14-13(12-8-6-5-7-9-12)15(10(2)19-22)24-16(14)18-11(3)20/h5-9,22H,4H2,1-3H3,(H,18,20)/b19-10-. The maximum Gasteiger partial charge on any atom is 0.341 e. The summed E-state index contributed by atoms with van der Waals surface area (Å²) in [6.45, 7) is 4.92. The molecule has 0 aliphatic heterocycles. The zero-order valence-corrected chi connectivity index (χ0v) is 14.4. The summed E-state index contributed by atoms with van der Waals surface area (Å²) >= 11 is 1.17. The molecule has 0 unspecified atom stereocenters. The van der Waals surface area contributed by atoms with Gasteiger partial charge in [0.25, 0.3) is 0 Å². The summed E-state index contributed by atoms with van der Waals surface area (Å²) in [5.41, 5.74) is 1.96. The van der Waals surface area contributed by atoms with Gasteiger partial charge in [-0.15, -0.1) is 11.3 Å². The summed E-state index contributed by atoms with van der Waals surface area (Å²) in [6.07, 6.45) is 0. The number of ether oxygens (including phenoxy) is 1. The van der Waals surface area contributed by atoms with Gasteiger partial charge in [0.2, 0.25) is 5.91 Å². The molecular weight excluding hydrogens is 328 g/mol. The van der Waals surface area contributed by atoms with E-state index in [0.717, 1.165) is 5.56 Å². The van der Waals surface area contributed by atoms with Crippen LogP contribution in [0.3, 0.4) is 0 Å². The van der Waals surface area contributed by atoms with Crippen molar-refractivity contribution in [3.63, 3.8) is 0 Å². The van der Waals surface area contributed by atoms with Crippen LogP contribution in [0.4, 0.5) is 5.00 Å². The summed E-state index contributed by atoms with van der Waals surface area (Å²) in [5.74, 6) is -0.833. The molecular formula is C17H18N2O4S. The van der Waals surface area contributed by atoms with Crippen LogP contribution >= 0.6 is 11.3 Å². The third-order valence-corrected chi connectivity index (χ3v) is 4.43. The number of hydrogen-bond acceptors (Lipinski definition) is 6. The van der Waals surface area contributed by atoms with Crippen molar-refractivity contribution in [2.24, 2.45) is 5.16 Å². The molecule has 0 atom stereocenters. The minimum atomic E-state index is -0.534. The summed E-state index contributed by atoms with van der Waals surface area (Å²) in [5, 5.41) is 15.5. The number of hydrogen-bond donors (Lipinski definition) is 2. The quantitative estimate of drug-likeness (QED) is 0.373. The Kier molecular flexibility index (Phi) is 5.70. The molecule has 2 rings (SSSR count). The maximum absolute atomic E-state index is 12.5. The van der Waals surface area contributed by atoms with Crippen molar-refractivity contribution in [1.82, 2.24) is 0 Å². The number of nitrogens with zero attached hydrogens (tertiary/aromatic N) is 1. The van der Waals surface area contributed by atoms with E-state index in [1.807, 2.05) is 30.3 Å². The van der Waals surface area contributed by atoms with Crippen molar-refractivity contribution in [3.05, 3.63) is 40.8 Å². The lowest BCUT2D eigenvalue weighted by atomic mass is 9.99. The molecule has 0 fully saturated rings. The number of thiophene rings is 1. The molecule has 2 N–H and O–H groups in total. The fourth-order valence-corrected chi connectivity index (χ4v) is 3.45. The van der Waals surface area contributed by atoms with Crippen molar-refractivity contribution in [2.75, 3.05) is 11.9 Å². The lowest BCUT2D eigenvalue weighted by Crippen LogP contribution is -2.11. The van der Waals surface area contributed by atoms with Gasteiger partial charge < -0.3 is 15.3 Å². The number of rotatable bonds is 5. The first kappa shape index (κ1) is 17.7. The SMILES string of the molecule is CCOC(=O)c1c(NC(C)=O)sc(/C(C)=N\O)c1-c1ccccc1. The van der Waals surface area contributed by atoms with Crippen molar-refractivity contribution in [1.29, 1.82) is 0 Å². The molecule has 0 aliphatic carbocycles. The summed E-state index contributed by atoms with van der Waals surface area (Å²) < 4.78 is 5.15. The van der Waals surface area contributed by atoms with Gasteiger partial charge in [0.05, 0.1) is 17.2 Å². The van der Waals surface area contributed by atoms with Crippen LogP contribution in [0.5, 0.6) is 0 Å². The van der Waals surface area contributed by atoms with Crippen LogP contribution in [0, 0.1) is 0 Å². The number of carbonyl (C=O) groups excluding carboxylic acids is 2. The minimum absolute atomic E-state index is 0.213. The zero-order chi connectivity index (χ0) is 17.7. The highest BCUT2D eigenvalue weighted by Gasteiger charge is 2.27.